The highest BCUT2D eigenvalue weighted by Gasteiger charge is 2.22. The van der Waals surface area contributed by atoms with Gasteiger partial charge in [-0.3, -0.25) is 4.79 Å². The van der Waals surface area contributed by atoms with Crippen LogP contribution in [0.4, 0.5) is 10.1 Å². The molecule has 7 nitrogen and oxygen atoms in total. The monoisotopic (exact) mass is 346 g/mol. The summed E-state index contributed by atoms with van der Waals surface area (Å²) >= 11 is 0. The molecule has 0 aliphatic carbocycles. The fraction of sp³-hybridized carbons (Fsp3) is 0.529. The Morgan fingerprint density at radius 1 is 1.52 bits per heavy atom. The first kappa shape index (κ1) is 17.5. The number of hydrogen-bond donors (Lipinski definition) is 2. The third kappa shape index (κ3) is 4.19. The summed E-state index contributed by atoms with van der Waals surface area (Å²) in [6.45, 7) is 5.82. The molecule has 1 aromatic heterocycles. The van der Waals surface area contributed by atoms with Gasteiger partial charge in [0.1, 0.15) is 11.5 Å². The first-order chi connectivity index (χ1) is 12.0. The standard InChI is InChI=1S/C17H23FN6O/c1-11(13-4-3-7-19-10-13)8-17(25)20-14-5-6-15(18)16(9-14)24-12(2)21-22-23-24/h5-6,9,11,13,19H,3-4,7-8,10H2,1-2H3,(H,20,25). The topological polar surface area (TPSA) is 84.7 Å². The SMILES string of the molecule is Cc1nnnn1-c1cc(NC(=O)CC(C)C2CCCNC2)ccc1F. The second kappa shape index (κ2) is 7.69. The second-order valence-corrected chi connectivity index (χ2v) is 6.64. The molecule has 8 heteroatoms. The van der Waals surface area contributed by atoms with Crippen molar-refractivity contribution in [3.05, 3.63) is 29.8 Å². The van der Waals surface area contributed by atoms with E-state index in [1.54, 1.807) is 19.1 Å². The Balaban J connectivity index is 1.66. The predicted molar refractivity (Wildman–Crippen MR) is 91.9 cm³/mol. The van der Waals surface area contributed by atoms with Crippen molar-refractivity contribution in [2.75, 3.05) is 18.4 Å². The van der Waals surface area contributed by atoms with E-state index in [2.05, 4.69) is 33.1 Å². The van der Waals surface area contributed by atoms with Gasteiger partial charge in [0.25, 0.3) is 0 Å². The average molecular weight is 346 g/mol. The average Bonchev–Trinajstić information content (AvgIpc) is 3.03. The van der Waals surface area contributed by atoms with Crippen molar-refractivity contribution in [3.63, 3.8) is 0 Å². The number of hydrogen-bond acceptors (Lipinski definition) is 5. The van der Waals surface area contributed by atoms with E-state index in [1.807, 2.05) is 0 Å². The molecule has 1 fully saturated rings. The van der Waals surface area contributed by atoms with Gasteiger partial charge in [0.15, 0.2) is 5.82 Å². The summed E-state index contributed by atoms with van der Waals surface area (Å²) in [6, 6.07) is 4.40. The van der Waals surface area contributed by atoms with Crippen LogP contribution >= 0.6 is 0 Å². The quantitative estimate of drug-likeness (QED) is 0.866. The molecule has 1 aliphatic rings. The molecule has 0 spiro atoms. The number of carbonyl (C=O) groups is 1. The molecule has 0 radical (unpaired) electrons. The first-order valence-corrected chi connectivity index (χ1v) is 8.60. The number of rotatable bonds is 5. The third-order valence-corrected chi connectivity index (χ3v) is 4.73. The molecule has 1 aliphatic heterocycles. The maximum Gasteiger partial charge on any atom is 0.224 e. The van der Waals surface area contributed by atoms with Crippen LogP contribution in [0.15, 0.2) is 18.2 Å². The lowest BCUT2D eigenvalue weighted by molar-refractivity contribution is -0.117. The minimum Gasteiger partial charge on any atom is -0.326 e. The Morgan fingerprint density at radius 2 is 2.36 bits per heavy atom. The van der Waals surface area contributed by atoms with E-state index in [0.717, 1.165) is 25.9 Å². The molecule has 0 bridgehead atoms. The molecule has 2 N–H and O–H groups in total. The summed E-state index contributed by atoms with van der Waals surface area (Å²) in [5.74, 6) is 0.779. The fourth-order valence-corrected chi connectivity index (χ4v) is 3.24. The summed E-state index contributed by atoms with van der Waals surface area (Å²) in [5.41, 5.74) is 0.745. The van der Waals surface area contributed by atoms with Crippen LogP contribution in [0.5, 0.6) is 0 Å². The van der Waals surface area contributed by atoms with Crippen molar-refractivity contribution in [1.82, 2.24) is 25.5 Å². The molecule has 0 saturated carbocycles. The van der Waals surface area contributed by atoms with E-state index in [9.17, 15) is 9.18 Å². The smallest absolute Gasteiger partial charge is 0.224 e. The Hall–Kier alpha value is -2.35. The molecule has 2 aromatic rings. The number of nitrogens with one attached hydrogen (secondary N) is 2. The molecule has 134 valence electrons. The minimum absolute atomic E-state index is 0.0657. The second-order valence-electron chi connectivity index (χ2n) is 6.64. The first-order valence-electron chi connectivity index (χ1n) is 8.60. The van der Waals surface area contributed by atoms with Gasteiger partial charge in [0, 0.05) is 12.1 Å². The zero-order valence-electron chi connectivity index (χ0n) is 14.5. The van der Waals surface area contributed by atoms with Crippen molar-refractivity contribution in [2.24, 2.45) is 11.8 Å². The van der Waals surface area contributed by atoms with Gasteiger partial charge < -0.3 is 10.6 Å². The van der Waals surface area contributed by atoms with Crippen LogP contribution in [0.2, 0.25) is 0 Å². The predicted octanol–water partition coefficient (Wildman–Crippen LogP) is 2.07. The van der Waals surface area contributed by atoms with Crippen molar-refractivity contribution < 1.29 is 9.18 Å². The van der Waals surface area contributed by atoms with Gasteiger partial charge in [0.05, 0.1) is 0 Å². The van der Waals surface area contributed by atoms with E-state index >= 15 is 0 Å². The van der Waals surface area contributed by atoms with Crippen LogP contribution in [-0.2, 0) is 4.79 Å². The zero-order chi connectivity index (χ0) is 17.8. The number of aryl methyl sites for hydroxylation is 1. The van der Waals surface area contributed by atoms with Crippen LogP contribution in [0, 0.1) is 24.6 Å². The summed E-state index contributed by atoms with van der Waals surface area (Å²) in [4.78, 5) is 12.3. The lowest BCUT2D eigenvalue weighted by Gasteiger charge is -2.28. The Kier molecular flexibility index (Phi) is 5.37. The highest BCUT2D eigenvalue weighted by molar-refractivity contribution is 5.91. The molecule has 2 heterocycles. The van der Waals surface area contributed by atoms with Gasteiger partial charge >= 0.3 is 0 Å². The number of amides is 1. The molecule has 1 amide bonds. The van der Waals surface area contributed by atoms with Gasteiger partial charge in [-0.25, -0.2) is 4.39 Å². The number of carbonyl (C=O) groups excluding carboxylic acids is 1. The molecule has 3 rings (SSSR count). The molecular weight excluding hydrogens is 323 g/mol. The van der Waals surface area contributed by atoms with Crippen molar-refractivity contribution in [3.8, 4) is 5.69 Å². The van der Waals surface area contributed by atoms with E-state index in [0.29, 0.717) is 29.8 Å². The van der Waals surface area contributed by atoms with Crippen LogP contribution in [0.25, 0.3) is 5.69 Å². The Morgan fingerprint density at radius 3 is 3.04 bits per heavy atom. The molecule has 2 unspecified atom stereocenters. The maximum absolute atomic E-state index is 14.1. The van der Waals surface area contributed by atoms with Crippen molar-refractivity contribution in [1.29, 1.82) is 0 Å². The fourth-order valence-electron chi connectivity index (χ4n) is 3.24. The van der Waals surface area contributed by atoms with Gasteiger partial charge in [-0.2, -0.15) is 4.68 Å². The van der Waals surface area contributed by atoms with Gasteiger partial charge in [-0.1, -0.05) is 6.92 Å². The highest BCUT2D eigenvalue weighted by atomic mass is 19.1. The van der Waals surface area contributed by atoms with Crippen LogP contribution < -0.4 is 10.6 Å². The summed E-state index contributed by atoms with van der Waals surface area (Å²) in [5, 5.41) is 17.3. The zero-order valence-corrected chi connectivity index (χ0v) is 14.5. The molecule has 1 saturated heterocycles. The molecular formula is C17H23FN6O. The van der Waals surface area contributed by atoms with E-state index in [4.69, 9.17) is 0 Å². The van der Waals surface area contributed by atoms with Gasteiger partial charge in [0.2, 0.25) is 5.91 Å². The van der Waals surface area contributed by atoms with Crippen LogP contribution in [0.1, 0.15) is 32.0 Å². The molecule has 1 aromatic carbocycles. The van der Waals surface area contributed by atoms with E-state index in [-0.39, 0.29) is 11.6 Å². The third-order valence-electron chi connectivity index (χ3n) is 4.73. The number of aromatic nitrogens is 4. The Labute approximate surface area is 146 Å². The van der Waals surface area contributed by atoms with Crippen LogP contribution in [-0.4, -0.2) is 39.2 Å². The van der Waals surface area contributed by atoms with Gasteiger partial charge in [-0.15, -0.1) is 5.10 Å². The van der Waals surface area contributed by atoms with E-state index < -0.39 is 5.82 Å². The summed E-state index contributed by atoms with van der Waals surface area (Å²) in [6.07, 6.45) is 2.76. The lowest BCUT2D eigenvalue weighted by atomic mass is 9.85. The summed E-state index contributed by atoms with van der Waals surface area (Å²) < 4.78 is 15.4. The van der Waals surface area contributed by atoms with Gasteiger partial charge in [-0.05, 0) is 73.3 Å². The summed E-state index contributed by atoms with van der Waals surface area (Å²) in [7, 11) is 0. The van der Waals surface area contributed by atoms with Crippen molar-refractivity contribution >= 4 is 11.6 Å². The van der Waals surface area contributed by atoms with Crippen LogP contribution in [0.3, 0.4) is 0 Å². The normalized spacial score (nSPS) is 18.8. The number of piperidine rings is 1. The number of nitrogens with zero attached hydrogens (tertiary/aromatic N) is 4. The number of benzene rings is 1. The molecule has 2 atom stereocenters. The number of anilines is 1. The lowest BCUT2D eigenvalue weighted by Crippen LogP contribution is -2.34. The molecule has 25 heavy (non-hydrogen) atoms. The number of tetrazole rings is 1. The minimum atomic E-state index is -0.449. The Bertz CT molecular complexity index is 740. The maximum atomic E-state index is 14.1. The number of halogens is 1. The van der Waals surface area contributed by atoms with E-state index in [1.165, 1.54) is 10.7 Å². The highest BCUT2D eigenvalue weighted by Crippen LogP contribution is 2.24. The van der Waals surface area contributed by atoms with Crippen molar-refractivity contribution in [2.45, 2.75) is 33.1 Å². The largest absolute Gasteiger partial charge is 0.326 e.